The summed E-state index contributed by atoms with van der Waals surface area (Å²) in [6.07, 6.45) is 2.11. The molecule has 7 heteroatoms. The van der Waals surface area contributed by atoms with Gasteiger partial charge in [0.05, 0.1) is 17.3 Å². The average Bonchev–Trinajstić information content (AvgIpc) is 3.07. The molecule has 7 nitrogen and oxygen atoms in total. The van der Waals surface area contributed by atoms with Crippen LogP contribution in [0.15, 0.2) is 30.5 Å². The molecule has 3 rings (SSSR count). The van der Waals surface area contributed by atoms with Gasteiger partial charge in [-0.25, -0.2) is 0 Å². The lowest BCUT2D eigenvalue weighted by molar-refractivity contribution is 0.0650. The molecule has 0 N–H and O–H groups in total. The van der Waals surface area contributed by atoms with Crippen molar-refractivity contribution in [3.63, 3.8) is 0 Å². The third-order valence-electron chi connectivity index (χ3n) is 3.55. The summed E-state index contributed by atoms with van der Waals surface area (Å²) in [6.45, 7) is 2.21. The number of nitrogens with zero attached hydrogens (tertiary/aromatic N) is 4. The van der Waals surface area contributed by atoms with E-state index in [1.54, 1.807) is 30.5 Å². The number of aromatic nitrogens is 3. The number of ketones is 1. The minimum Gasteiger partial charge on any atom is -0.293 e. The van der Waals surface area contributed by atoms with Crippen molar-refractivity contribution in [2.75, 3.05) is 6.54 Å². The quantitative estimate of drug-likeness (QED) is 0.611. The fourth-order valence-electron chi connectivity index (χ4n) is 2.40. The average molecular weight is 298 g/mol. The molecule has 0 fully saturated rings. The summed E-state index contributed by atoms with van der Waals surface area (Å²) < 4.78 is 1.54. The summed E-state index contributed by atoms with van der Waals surface area (Å²) >= 11 is 0. The zero-order chi connectivity index (χ0) is 15.7. The van der Waals surface area contributed by atoms with Crippen LogP contribution < -0.4 is 0 Å². The molecular weight excluding hydrogens is 284 g/mol. The lowest BCUT2D eigenvalue weighted by Crippen LogP contribution is -2.31. The van der Waals surface area contributed by atoms with Crippen molar-refractivity contribution in [3.05, 3.63) is 47.3 Å². The largest absolute Gasteiger partial charge is 0.293 e. The molecule has 1 aliphatic rings. The molecule has 0 saturated heterocycles. The van der Waals surface area contributed by atoms with Crippen molar-refractivity contribution >= 4 is 17.6 Å². The Morgan fingerprint density at radius 2 is 1.73 bits per heavy atom. The van der Waals surface area contributed by atoms with Crippen LogP contribution in [-0.2, 0) is 6.54 Å². The molecule has 1 aromatic heterocycles. The topological polar surface area (TPSA) is 85.2 Å². The van der Waals surface area contributed by atoms with Crippen LogP contribution in [0.1, 0.15) is 44.5 Å². The van der Waals surface area contributed by atoms with E-state index < -0.39 is 0 Å². The fraction of sp³-hybridized carbons (Fsp3) is 0.267. The van der Waals surface area contributed by atoms with E-state index in [1.165, 1.54) is 16.5 Å². The summed E-state index contributed by atoms with van der Waals surface area (Å²) in [5, 5.41) is 7.58. The number of benzene rings is 1. The van der Waals surface area contributed by atoms with Crippen LogP contribution in [0.3, 0.4) is 0 Å². The zero-order valence-corrected chi connectivity index (χ0v) is 12.0. The highest BCUT2D eigenvalue weighted by molar-refractivity contribution is 6.21. The summed E-state index contributed by atoms with van der Waals surface area (Å²) in [4.78, 5) is 36.7. The molecule has 0 saturated carbocycles. The predicted octanol–water partition coefficient (Wildman–Crippen LogP) is 1.17. The van der Waals surface area contributed by atoms with Gasteiger partial charge in [-0.2, -0.15) is 0 Å². The summed E-state index contributed by atoms with van der Waals surface area (Å²) in [5.41, 5.74) is 1.21. The van der Waals surface area contributed by atoms with E-state index in [1.807, 2.05) is 0 Å². The number of amides is 2. The van der Waals surface area contributed by atoms with Crippen LogP contribution in [0.5, 0.6) is 0 Å². The smallest absolute Gasteiger partial charge is 0.261 e. The summed E-state index contributed by atoms with van der Waals surface area (Å²) in [5.74, 6) is -0.668. The van der Waals surface area contributed by atoms with Crippen LogP contribution in [0.2, 0.25) is 0 Å². The second-order valence-electron chi connectivity index (χ2n) is 5.08. The number of carbonyl (C=O) groups excluding carboxylic acids is 3. The van der Waals surface area contributed by atoms with Crippen LogP contribution in [0, 0.1) is 0 Å². The number of carbonyl (C=O) groups is 3. The molecule has 0 unspecified atom stereocenters. The molecule has 22 heavy (non-hydrogen) atoms. The Balaban J connectivity index is 1.62. The number of imide groups is 1. The van der Waals surface area contributed by atoms with Crippen molar-refractivity contribution in [3.8, 4) is 0 Å². The maximum atomic E-state index is 12.2. The van der Waals surface area contributed by atoms with Crippen LogP contribution in [0.4, 0.5) is 0 Å². The number of hydrogen-bond acceptors (Lipinski definition) is 5. The SMILES string of the molecule is CC(=O)c1cn(CCCN2C(=O)c3ccccc3C2=O)nn1. The Hall–Kier alpha value is -2.83. The van der Waals surface area contributed by atoms with Gasteiger partial charge in [-0.05, 0) is 18.6 Å². The van der Waals surface area contributed by atoms with Gasteiger partial charge in [-0.3, -0.25) is 24.0 Å². The van der Waals surface area contributed by atoms with E-state index in [-0.39, 0.29) is 17.6 Å². The standard InChI is InChI=1S/C15H14N4O3/c1-10(20)13-9-18(17-16-13)7-4-8-19-14(21)11-5-2-3-6-12(11)15(19)22/h2-3,5-6,9H,4,7-8H2,1H3. The van der Waals surface area contributed by atoms with E-state index in [2.05, 4.69) is 10.3 Å². The summed E-state index contributed by atoms with van der Waals surface area (Å²) in [6, 6.07) is 6.80. The van der Waals surface area contributed by atoms with E-state index in [9.17, 15) is 14.4 Å². The normalized spacial score (nSPS) is 13.6. The maximum Gasteiger partial charge on any atom is 0.261 e. The fourth-order valence-corrected chi connectivity index (χ4v) is 2.40. The first-order valence-electron chi connectivity index (χ1n) is 6.94. The van der Waals surface area contributed by atoms with Gasteiger partial charge in [0.25, 0.3) is 11.8 Å². The molecule has 0 atom stereocenters. The van der Waals surface area contributed by atoms with Crippen molar-refractivity contribution in [1.82, 2.24) is 19.9 Å². The van der Waals surface area contributed by atoms with E-state index >= 15 is 0 Å². The van der Waals surface area contributed by atoms with E-state index in [4.69, 9.17) is 0 Å². The van der Waals surface area contributed by atoms with Crippen molar-refractivity contribution in [2.24, 2.45) is 0 Å². The van der Waals surface area contributed by atoms with Gasteiger partial charge in [0.1, 0.15) is 5.69 Å². The number of aryl methyl sites for hydroxylation is 1. The molecule has 2 amide bonds. The molecule has 0 spiro atoms. The predicted molar refractivity (Wildman–Crippen MR) is 76.5 cm³/mol. The third-order valence-corrected chi connectivity index (χ3v) is 3.55. The van der Waals surface area contributed by atoms with Crippen molar-refractivity contribution in [1.29, 1.82) is 0 Å². The first kappa shape index (κ1) is 14.1. The monoisotopic (exact) mass is 298 g/mol. The maximum absolute atomic E-state index is 12.2. The number of rotatable bonds is 5. The minimum absolute atomic E-state index is 0.147. The van der Waals surface area contributed by atoms with Gasteiger partial charge >= 0.3 is 0 Å². The van der Waals surface area contributed by atoms with Gasteiger partial charge in [0.2, 0.25) is 0 Å². The molecule has 2 aromatic rings. The highest BCUT2D eigenvalue weighted by atomic mass is 16.2. The lowest BCUT2D eigenvalue weighted by atomic mass is 10.1. The Kier molecular flexibility index (Phi) is 3.54. The number of hydrogen-bond donors (Lipinski definition) is 0. The molecule has 2 heterocycles. The second kappa shape index (κ2) is 5.51. The van der Waals surface area contributed by atoms with Crippen LogP contribution in [0.25, 0.3) is 0 Å². The number of fused-ring (bicyclic) bond motifs is 1. The molecule has 1 aromatic carbocycles. The lowest BCUT2D eigenvalue weighted by Gasteiger charge is -2.13. The van der Waals surface area contributed by atoms with Gasteiger partial charge in [0.15, 0.2) is 5.78 Å². The van der Waals surface area contributed by atoms with E-state index in [0.29, 0.717) is 36.3 Å². The second-order valence-corrected chi connectivity index (χ2v) is 5.08. The van der Waals surface area contributed by atoms with Gasteiger partial charge in [-0.15, -0.1) is 5.10 Å². The van der Waals surface area contributed by atoms with Crippen LogP contribution >= 0.6 is 0 Å². The van der Waals surface area contributed by atoms with Crippen molar-refractivity contribution in [2.45, 2.75) is 19.9 Å². The Labute approximate surface area is 126 Å². The van der Waals surface area contributed by atoms with Gasteiger partial charge in [0, 0.05) is 20.0 Å². The molecular formula is C15H14N4O3. The Bertz CT molecular complexity index is 731. The Morgan fingerprint density at radius 3 is 2.27 bits per heavy atom. The highest BCUT2D eigenvalue weighted by Gasteiger charge is 2.34. The Morgan fingerprint density at radius 1 is 1.09 bits per heavy atom. The molecule has 0 aliphatic carbocycles. The first-order valence-corrected chi connectivity index (χ1v) is 6.94. The first-order chi connectivity index (χ1) is 10.6. The highest BCUT2D eigenvalue weighted by Crippen LogP contribution is 2.22. The number of Topliss-reactive ketones (excluding diaryl/α,β-unsaturated/α-hetero) is 1. The van der Waals surface area contributed by atoms with Gasteiger partial charge < -0.3 is 0 Å². The third kappa shape index (κ3) is 2.41. The molecule has 0 bridgehead atoms. The van der Waals surface area contributed by atoms with Crippen molar-refractivity contribution < 1.29 is 14.4 Å². The zero-order valence-electron chi connectivity index (χ0n) is 12.0. The van der Waals surface area contributed by atoms with E-state index in [0.717, 1.165) is 0 Å². The minimum atomic E-state index is -0.261. The van der Waals surface area contributed by atoms with Crippen LogP contribution in [-0.4, -0.2) is 44.0 Å². The summed E-state index contributed by atoms with van der Waals surface area (Å²) in [7, 11) is 0. The van der Waals surface area contributed by atoms with Gasteiger partial charge in [-0.1, -0.05) is 17.3 Å². The molecule has 112 valence electrons. The molecule has 0 radical (unpaired) electrons. The molecule has 1 aliphatic heterocycles.